The molecule has 0 radical (unpaired) electrons. The summed E-state index contributed by atoms with van der Waals surface area (Å²) in [5.41, 5.74) is 10.2. The third-order valence-corrected chi connectivity index (χ3v) is 12.9. The van der Waals surface area contributed by atoms with E-state index >= 15 is 0 Å². The van der Waals surface area contributed by atoms with Crippen molar-refractivity contribution < 1.29 is 0 Å². The molecule has 282 valence electrons. The van der Waals surface area contributed by atoms with Gasteiger partial charge in [-0.25, -0.2) is 14.8 Å². The molecule has 4 heterocycles. The fourth-order valence-corrected chi connectivity index (χ4v) is 10.3. The number of benzene rings is 8. The highest BCUT2D eigenvalue weighted by molar-refractivity contribution is 7.25. The molecule has 8 aromatic carbocycles. The number of hydrogen-bond donors (Lipinski definition) is 0. The van der Waals surface area contributed by atoms with E-state index in [1.165, 1.54) is 4.70 Å². The molecule has 12 aromatic rings. The fourth-order valence-electron chi connectivity index (χ4n) is 9.21. The lowest BCUT2D eigenvalue weighted by Crippen LogP contribution is -2.02. The Morgan fingerprint density at radius 3 is 1.82 bits per heavy atom. The van der Waals surface area contributed by atoms with Crippen LogP contribution in [0.25, 0.3) is 114 Å². The van der Waals surface area contributed by atoms with Crippen molar-refractivity contribution in [3.05, 3.63) is 199 Å². The number of nitrogens with zero attached hydrogens (tertiary/aromatic N) is 6. The van der Waals surface area contributed by atoms with Crippen molar-refractivity contribution in [2.45, 2.75) is 0 Å². The van der Waals surface area contributed by atoms with Gasteiger partial charge in [0.2, 0.25) is 5.69 Å². The summed E-state index contributed by atoms with van der Waals surface area (Å²) in [6, 6.07) is 64.7. The van der Waals surface area contributed by atoms with E-state index in [0.29, 0.717) is 34.0 Å². The zero-order valence-electron chi connectivity index (χ0n) is 32.4. The molecule has 0 aliphatic heterocycles. The zero-order chi connectivity index (χ0) is 40.6. The van der Waals surface area contributed by atoms with Crippen LogP contribution in [0.2, 0.25) is 0 Å². The van der Waals surface area contributed by atoms with Gasteiger partial charge in [-0.2, -0.15) is 5.26 Å². The standard InChI is InChI=1S/C54H30N6S/c1-56-43-31-34(51-42(32-55)50(33-15-4-2-5-16-33)57-54(58-51)41-22-14-26-48-49(41)40-21-10-13-25-47(40)61-48)27-30-46(43)60-45-24-12-9-20-37(45)39-29-28-38-36-19-8-11-23-44(36)59(52(38)53(39)60)35-17-6-3-7-18-35/h2-31H. The maximum absolute atomic E-state index is 10.9. The molecule has 0 N–H and O–H groups in total. The SMILES string of the molecule is [C-]#[N+]c1cc(-c2nc(-c3cccc4sc5ccccc5c34)nc(-c3ccccc3)c2C#N)ccc1-n1c2ccccc2c2ccc3c4ccccc4n(-c4ccccc4)c3c21. The minimum absolute atomic E-state index is 0.354. The van der Waals surface area contributed by atoms with E-state index in [2.05, 4.69) is 141 Å². The molecule has 0 saturated heterocycles. The third kappa shape index (κ3) is 5.19. The third-order valence-electron chi connectivity index (χ3n) is 11.8. The monoisotopic (exact) mass is 794 g/mol. The summed E-state index contributed by atoms with van der Waals surface area (Å²) < 4.78 is 6.92. The highest BCUT2D eigenvalue weighted by atomic mass is 32.1. The first-order chi connectivity index (χ1) is 30.2. The number of hydrogen-bond acceptors (Lipinski definition) is 4. The minimum atomic E-state index is 0.354. The molecule has 12 rings (SSSR count). The van der Waals surface area contributed by atoms with Crippen molar-refractivity contribution in [2.75, 3.05) is 0 Å². The Morgan fingerprint density at radius 1 is 0.525 bits per heavy atom. The lowest BCUT2D eigenvalue weighted by atomic mass is 9.98. The van der Waals surface area contributed by atoms with Crippen LogP contribution in [0.15, 0.2) is 182 Å². The van der Waals surface area contributed by atoms with E-state index in [1.54, 1.807) is 11.3 Å². The molecule has 4 aromatic heterocycles. The Hall–Kier alpha value is -8.36. The minimum Gasteiger partial charge on any atom is -0.317 e. The number of aromatic nitrogens is 4. The Balaban J connectivity index is 1.14. The Bertz CT molecular complexity index is 3840. The molecule has 0 amide bonds. The molecule has 0 aliphatic carbocycles. The fraction of sp³-hybridized carbons (Fsp3) is 0. The lowest BCUT2D eigenvalue weighted by molar-refractivity contribution is 1.15. The number of para-hydroxylation sites is 3. The molecular formula is C54H30N6S. The van der Waals surface area contributed by atoms with E-state index in [4.69, 9.17) is 16.5 Å². The molecule has 61 heavy (non-hydrogen) atoms. The molecule has 0 unspecified atom stereocenters. The van der Waals surface area contributed by atoms with Gasteiger partial charge < -0.3 is 9.13 Å². The maximum atomic E-state index is 10.9. The predicted molar refractivity (Wildman–Crippen MR) is 251 cm³/mol. The smallest absolute Gasteiger partial charge is 0.211 e. The van der Waals surface area contributed by atoms with Gasteiger partial charge in [0.15, 0.2) is 5.82 Å². The van der Waals surface area contributed by atoms with Gasteiger partial charge in [0.1, 0.15) is 11.6 Å². The van der Waals surface area contributed by atoms with E-state index in [0.717, 1.165) is 81.6 Å². The van der Waals surface area contributed by atoms with Crippen molar-refractivity contribution >= 4 is 80.8 Å². The van der Waals surface area contributed by atoms with Crippen molar-refractivity contribution in [3.8, 4) is 51.3 Å². The van der Waals surface area contributed by atoms with Crippen LogP contribution >= 0.6 is 11.3 Å². The summed E-state index contributed by atoms with van der Waals surface area (Å²) in [7, 11) is 0. The van der Waals surface area contributed by atoms with Crippen LogP contribution < -0.4 is 0 Å². The second-order valence-corrected chi connectivity index (χ2v) is 16.2. The number of rotatable bonds is 5. The van der Waals surface area contributed by atoms with Gasteiger partial charge in [-0.05, 0) is 54.1 Å². The van der Waals surface area contributed by atoms with Crippen LogP contribution in [0.5, 0.6) is 0 Å². The highest BCUT2D eigenvalue weighted by Gasteiger charge is 2.25. The van der Waals surface area contributed by atoms with E-state index in [1.807, 2.05) is 60.7 Å². The number of thiophene rings is 1. The van der Waals surface area contributed by atoms with E-state index in [-0.39, 0.29) is 0 Å². The second kappa shape index (κ2) is 13.6. The molecule has 0 spiro atoms. The second-order valence-electron chi connectivity index (χ2n) is 15.1. The van der Waals surface area contributed by atoms with Gasteiger partial charge in [0.25, 0.3) is 0 Å². The molecule has 0 fully saturated rings. The summed E-state index contributed by atoms with van der Waals surface area (Å²) in [5.74, 6) is 0.522. The van der Waals surface area contributed by atoms with Crippen molar-refractivity contribution in [1.82, 2.24) is 19.1 Å². The Labute approximate surface area is 353 Å². The molecule has 0 aliphatic rings. The lowest BCUT2D eigenvalue weighted by Gasteiger charge is -2.16. The van der Waals surface area contributed by atoms with Crippen molar-refractivity contribution in [2.24, 2.45) is 0 Å². The maximum Gasteiger partial charge on any atom is 0.211 e. The first-order valence-corrected chi connectivity index (χ1v) is 20.8. The van der Waals surface area contributed by atoms with Crippen LogP contribution in [0.3, 0.4) is 0 Å². The largest absolute Gasteiger partial charge is 0.317 e. The number of nitriles is 1. The topological polar surface area (TPSA) is 63.8 Å². The zero-order valence-corrected chi connectivity index (χ0v) is 33.2. The van der Waals surface area contributed by atoms with Crippen molar-refractivity contribution in [3.63, 3.8) is 0 Å². The van der Waals surface area contributed by atoms with Crippen LogP contribution in [-0.2, 0) is 0 Å². The molecular weight excluding hydrogens is 765 g/mol. The van der Waals surface area contributed by atoms with Crippen molar-refractivity contribution in [1.29, 1.82) is 5.26 Å². The van der Waals surface area contributed by atoms with Gasteiger partial charge in [-0.1, -0.05) is 133 Å². The van der Waals surface area contributed by atoms with Gasteiger partial charge in [-0.15, -0.1) is 11.3 Å². The van der Waals surface area contributed by atoms with Gasteiger partial charge in [-0.3, -0.25) is 0 Å². The highest BCUT2D eigenvalue weighted by Crippen LogP contribution is 2.45. The summed E-state index contributed by atoms with van der Waals surface area (Å²) in [4.78, 5) is 14.6. The van der Waals surface area contributed by atoms with Crippen LogP contribution in [0, 0.1) is 17.9 Å². The first kappa shape index (κ1) is 34.7. The first-order valence-electron chi connectivity index (χ1n) is 20.0. The number of fused-ring (bicyclic) bond motifs is 10. The summed E-state index contributed by atoms with van der Waals surface area (Å²) in [5, 5.41) is 17.6. The van der Waals surface area contributed by atoms with E-state index < -0.39 is 0 Å². The normalized spacial score (nSPS) is 11.6. The Kier molecular flexibility index (Phi) is 7.73. The average Bonchev–Trinajstić information content (AvgIpc) is 3.99. The molecule has 0 atom stereocenters. The van der Waals surface area contributed by atoms with Crippen LogP contribution in [0.1, 0.15) is 5.56 Å². The van der Waals surface area contributed by atoms with Gasteiger partial charge >= 0.3 is 0 Å². The molecule has 0 saturated carbocycles. The molecule has 7 heteroatoms. The van der Waals surface area contributed by atoms with E-state index in [9.17, 15) is 5.26 Å². The van der Waals surface area contributed by atoms with Gasteiger partial charge in [0.05, 0.1) is 45.7 Å². The Morgan fingerprint density at radius 2 is 1.11 bits per heavy atom. The summed E-state index contributed by atoms with van der Waals surface area (Å²) in [6.07, 6.45) is 0. The van der Waals surface area contributed by atoms with Gasteiger partial charge in [0, 0.05) is 58.5 Å². The summed E-state index contributed by atoms with van der Waals surface area (Å²) in [6.45, 7) is 8.70. The molecule has 0 bridgehead atoms. The predicted octanol–water partition coefficient (Wildman–Crippen LogP) is 14.5. The quantitative estimate of drug-likeness (QED) is 0.163. The average molecular weight is 795 g/mol. The molecule has 6 nitrogen and oxygen atoms in total. The summed E-state index contributed by atoms with van der Waals surface area (Å²) >= 11 is 1.74. The van der Waals surface area contributed by atoms with Crippen LogP contribution in [0.4, 0.5) is 5.69 Å². The van der Waals surface area contributed by atoms with Crippen LogP contribution in [-0.4, -0.2) is 19.1 Å².